The fourth-order valence-corrected chi connectivity index (χ4v) is 4.03. The molecule has 0 atom stereocenters. The number of halogens is 1. The van der Waals surface area contributed by atoms with Crippen molar-refractivity contribution in [3.05, 3.63) is 53.8 Å². The zero-order valence-corrected chi connectivity index (χ0v) is 13.7. The van der Waals surface area contributed by atoms with Crippen molar-refractivity contribution in [2.45, 2.75) is 6.92 Å². The number of aryl methyl sites for hydroxylation is 1. The molecule has 23 heavy (non-hydrogen) atoms. The maximum absolute atomic E-state index is 13.7. The van der Waals surface area contributed by atoms with Gasteiger partial charge in [-0.1, -0.05) is 53.0 Å². The van der Waals surface area contributed by atoms with Crippen LogP contribution in [0.1, 0.15) is 5.56 Å². The maximum atomic E-state index is 13.7. The average molecular weight is 342 g/mol. The SMILES string of the molecule is Cc1ccccc1-c1nnc(Nc2nc3c(F)cccc3s2)s1. The van der Waals surface area contributed by atoms with Gasteiger partial charge in [-0.2, -0.15) is 0 Å². The van der Waals surface area contributed by atoms with Crippen LogP contribution in [0.15, 0.2) is 42.5 Å². The van der Waals surface area contributed by atoms with Crippen molar-refractivity contribution in [1.82, 2.24) is 15.2 Å². The summed E-state index contributed by atoms with van der Waals surface area (Å²) in [6, 6.07) is 13.0. The lowest BCUT2D eigenvalue weighted by Crippen LogP contribution is -1.88. The van der Waals surface area contributed by atoms with E-state index < -0.39 is 0 Å². The Bertz CT molecular complexity index is 993. The second-order valence-corrected chi connectivity index (χ2v) is 6.97. The first-order valence-electron chi connectivity index (χ1n) is 6.92. The minimum absolute atomic E-state index is 0.315. The first kappa shape index (κ1) is 14.2. The van der Waals surface area contributed by atoms with Crippen LogP contribution in [0.2, 0.25) is 0 Å². The molecule has 0 unspecified atom stereocenters. The number of benzene rings is 2. The number of nitrogens with one attached hydrogen (secondary N) is 1. The molecule has 0 aliphatic heterocycles. The molecule has 0 radical (unpaired) electrons. The molecule has 2 heterocycles. The Morgan fingerprint density at radius 2 is 1.83 bits per heavy atom. The number of anilines is 2. The number of nitrogens with zero attached hydrogens (tertiary/aromatic N) is 3. The van der Waals surface area contributed by atoms with Crippen molar-refractivity contribution < 1.29 is 4.39 Å². The van der Waals surface area contributed by atoms with Gasteiger partial charge in [-0.15, -0.1) is 10.2 Å². The summed E-state index contributed by atoms with van der Waals surface area (Å²) in [5.74, 6) is -0.315. The van der Waals surface area contributed by atoms with Crippen LogP contribution in [0.25, 0.3) is 20.8 Å². The molecule has 0 aliphatic rings. The monoisotopic (exact) mass is 342 g/mol. The van der Waals surface area contributed by atoms with Crippen LogP contribution in [0.4, 0.5) is 14.7 Å². The minimum Gasteiger partial charge on any atom is -0.306 e. The summed E-state index contributed by atoms with van der Waals surface area (Å²) < 4.78 is 14.5. The first-order chi connectivity index (χ1) is 11.2. The van der Waals surface area contributed by atoms with Gasteiger partial charge in [0.2, 0.25) is 5.13 Å². The predicted octanol–water partition coefficient (Wildman–Crippen LogP) is 5.01. The van der Waals surface area contributed by atoms with E-state index in [9.17, 15) is 4.39 Å². The smallest absolute Gasteiger partial charge is 0.212 e. The van der Waals surface area contributed by atoms with Crippen LogP contribution in [0.5, 0.6) is 0 Å². The van der Waals surface area contributed by atoms with Crippen LogP contribution in [-0.4, -0.2) is 15.2 Å². The molecule has 4 rings (SSSR count). The molecule has 0 spiro atoms. The fraction of sp³-hybridized carbons (Fsp3) is 0.0625. The lowest BCUT2D eigenvalue weighted by molar-refractivity contribution is 0.637. The summed E-state index contributed by atoms with van der Waals surface area (Å²) in [5.41, 5.74) is 2.59. The van der Waals surface area contributed by atoms with Crippen molar-refractivity contribution in [1.29, 1.82) is 0 Å². The van der Waals surface area contributed by atoms with E-state index in [0.29, 0.717) is 15.8 Å². The van der Waals surface area contributed by atoms with E-state index in [1.807, 2.05) is 37.3 Å². The third-order valence-corrected chi connectivity index (χ3v) is 5.19. The third-order valence-electron chi connectivity index (χ3n) is 3.38. The summed E-state index contributed by atoms with van der Waals surface area (Å²) in [6.45, 7) is 2.04. The molecule has 0 saturated heterocycles. The molecule has 114 valence electrons. The Morgan fingerprint density at radius 1 is 0.957 bits per heavy atom. The van der Waals surface area contributed by atoms with E-state index in [-0.39, 0.29) is 5.82 Å². The zero-order chi connectivity index (χ0) is 15.8. The van der Waals surface area contributed by atoms with Crippen molar-refractivity contribution in [2.24, 2.45) is 0 Å². The Morgan fingerprint density at radius 3 is 2.65 bits per heavy atom. The molecular weight excluding hydrogens is 331 g/mol. The highest BCUT2D eigenvalue weighted by Gasteiger charge is 2.12. The third kappa shape index (κ3) is 2.69. The Labute approximate surface area is 139 Å². The van der Waals surface area contributed by atoms with Gasteiger partial charge in [0.25, 0.3) is 0 Å². The summed E-state index contributed by atoms with van der Waals surface area (Å²) in [4.78, 5) is 4.28. The van der Waals surface area contributed by atoms with Gasteiger partial charge in [0.1, 0.15) is 16.3 Å². The molecule has 2 aromatic carbocycles. The van der Waals surface area contributed by atoms with Crippen LogP contribution < -0.4 is 5.32 Å². The van der Waals surface area contributed by atoms with Crippen molar-refractivity contribution in [2.75, 3.05) is 5.32 Å². The highest BCUT2D eigenvalue weighted by atomic mass is 32.1. The van der Waals surface area contributed by atoms with E-state index in [0.717, 1.165) is 20.8 Å². The standard InChI is InChI=1S/C16H11FN4S2/c1-9-5-2-3-6-10(9)14-20-21-16(23-14)19-15-18-13-11(17)7-4-8-12(13)22-15/h2-8H,1H3,(H,18,19,21). The number of hydrogen-bond donors (Lipinski definition) is 1. The van der Waals surface area contributed by atoms with Crippen LogP contribution in [0, 0.1) is 12.7 Å². The lowest BCUT2D eigenvalue weighted by Gasteiger charge is -1.99. The average Bonchev–Trinajstić information content (AvgIpc) is 3.16. The van der Waals surface area contributed by atoms with Gasteiger partial charge in [0.15, 0.2) is 5.13 Å². The summed E-state index contributed by atoms with van der Waals surface area (Å²) in [5, 5.41) is 13.6. The van der Waals surface area contributed by atoms with Crippen LogP contribution in [0.3, 0.4) is 0 Å². The molecule has 4 nitrogen and oxygen atoms in total. The molecule has 0 fully saturated rings. The second-order valence-electron chi connectivity index (χ2n) is 4.96. The molecule has 0 bridgehead atoms. The van der Waals surface area contributed by atoms with E-state index in [1.54, 1.807) is 6.07 Å². The van der Waals surface area contributed by atoms with Crippen molar-refractivity contribution >= 4 is 43.2 Å². The van der Waals surface area contributed by atoms with E-state index in [1.165, 1.54) is 28.7 Å². The number of rotatable bonds is 3. The second kappa shape index (κ2) is 5.68. The maximum Gasteiger partial charge on any atom is 0.212 e. The summed E-state index contributed by atoms with van der Waals surface area (Å²) >= 11 is 2.84. The van der Waals surface area contributed by atoms with E-state index >= 15 is 0 Å². The summed E-state index contributed by atoms with van der Waals surface area (Å²) in [6.07, 6.45) is 0. The van der Waals surface area contributed by atoms with Gasteiger partial charge >= 0.3 is 0 Å². The van der Waals surface area contributed by atoms with Crippen molar-refractivity contribution in [3.63, 3.8) is 0 Å². The number of thiazole rings is 1. The Kier molecular flexibility index (Phi) is 3.51. The molecule has 4 aromatic rings. The normalized spacial score (nSPS) is 11.0. The lowest BCUT2D eigenvalue weighted by atomic mass is 10.1. The molecular formula is C16H11FN4S2. The largest absolute Gasteiger partial charge is 0.306 e. The first-order valence-corrected chi connectivity index (χ1v) is 8.55. The highest BCUT2D eigenvalue weighted by Crippen LogP contribution is 2.33. The van der Waals surface area contributed by atoms with Gasteiger partial charge in [0, 0.05) is 5.56 Å². The molecule has 0 saturated carbocycles. The highest BCUT2D eigenvalue weighted by molar-refractivity contribution is 7.23. The number of hydrogen-bond acceptors (Lipinski definition) is 6. The van der Waals surface area contributed by atoms with Crippen molar-refractivity contribution in [3.8, 4) is 10.6 Å². The van der Waals surface area contributed by atoms with Crippen LogP contribution in [-0.2, 0) is 0 Å². The molecule has 7 heteroatoms. The van der Waals surface area contributed by atoms with Gasteiger partial charge in [-0.3, -0.25) is 0 Å². The van der Waals surface area contributed by atoms with Gasteiger partial charge in [-0.25, -0.2) is 9.37 Å². The van der Waals surface area contributed by atoms with Gasteiger partial charge in [0.05, 0.1) is 4.70 Å². The number of aromatic nitrogens is 3. The minimum atomic E-state index is -0.315. The van der Waals surface area contributed by atoms with E-state index in [2.05, 4.69) is 20.5 Å². The molecule has 0 aliphatic carbocycles. The molecule has 0 amide bonds. The summed E-state index contributed by atoms with van der Waals surface area (Å²) in [7, 11) is 0. The fourth-order valence-electron chi connectivity index (χ4n) is 2.26. The Balaban J connectivity index is 1.64. The van der Waals surface area contributed by atoms with E-state index in [4.69, 9.17) is 0 Å². The Hall–Kier alpha value is -2.38. The van der Waals surface area contributed by atoms with Gasteiger partial charge < -0.3 is 5.32 Å². The van der Waals surface area contributed by atoms with Crippen LogP contribution >= 0.6 is 22.7 Å². The molecule has 1 N–H and O–H groups in total. The zero-order valence-electron chi connectivity index (χ0n) is 12.1. The number of para-hydroxylation sites is 1. The molecule has 2 aromatic heterocycles. The quantitative estimate of drug-likeness (QED) is 0.569. The van der Waals surface area contributed by atoms with Gasteiger partial charge in [-0.05, 0) is 24.6 Å². The predicted molar refractivity (Wildman–Crippen MR) is 92.9 cm³/mol. The number of fused-ring (bicyclic) bond motifs is 1. The topological polar surface area (TPSA) is 50.7 Å².